The molecule has 0 aliphatic carbocycles. The number of rotatable bonds is 0. The highest BCUT2D eigenvalue weighted by Crippen LogP contribution is 2.20. The molecule has 0 spiro atoms. The third-order valence-electron chi connectivity index (χ3n) is 2.11. The number of nitrogens with one attached hydrogen (secondary N) is 1. The SMILES string of the molecule is Cc1cc(Br)cc2c(=O)c(Br)c[nH]c12. The van der Waals surface area contributed by atoms with Crippen molar-refractivity contribution >= 4 is 42.8 Å². The van der Waals surface area contributed by atoms with E-state index in [1.54, 1.807) is 6.20 Å². The van der Waals surface area contributed by atoms with Gasteiger partial charge >= 0.3 is 0 Å². The van der Waals surface area contributed by atoms with Gasteiger partial charge in [-0.25, -0.2) is 0 Å². The van der Waals surface area contributed by atoms with Crippen LogP contribution in [0.15, 0.2) is 32.1 Å². The highest BCUT2D eigenvalue weighted by Gasteiger charge is 2.05. The molecule has 0 bridgehead atoms. The summed E-state index contributed by atoms with van der Waals surface area (Å²) < 4.78 is 1.48. The van der Waals surface area contributed by atoms with Crippen molar-refractivity contribution in [1.29, 1.82) is 0 Å². The zero-order chi connectivity index (χ0) is 10.3. The lowest BCUT2D eigenvalue weighted by Crippen LogP contribution is -2.04. The highest BCUT2D eigenvalue weighted by molar-refractivity contribution is 9.10. The van der Waals surface area contributed by atoms with Gasteiger partial charge in [-0.05, 0) is 40.5 Å². The molecule has 2 aromatic rings. The Morgan fingerprint density at radius 1 is 1.29 bits per heavy atom. The summed E-state index contributed by atoms with van der Waals surface area (Å²) in [5.74, 6) is 0. The molecule has 0 saturated carbocycles. The summed E-state index contributed by atoms with van der Waals surface area (Å²) in [5.41, 5.74) is 1.96. The average Bonchev–Trinajstić information content (AvgIpc) is 2.12. The molecule has 1 heterocycles. The predicted octanol–water partition coefficient (Wildman–Crippen LogP) is 3.36. The molecule has 0 atom stereocenters. The number of hydrogen-bond acceptors (Lipinski definition) is 1. The molecule has 14 heavy (non-hydrogen) atoms. The summed E-state index contributed by atoms with van der Waals surface area (Å²) >= 11 is 6.58. The Labute approximate surface area is 97.6 Å². The molecule has 0 aliphatic heterocycles. The molecule has 1 aromatic carbocycles. The summed E-state index contributed by atoms with van der Waals surface area (Å²) in [6.45, 7) is 1.97. The van der Waals surface area contributed by atoms with Crippen LogP contribution in [0.5, 0.6) is 0 Å². The first-order chi connectivity index (χ1) is 6.59. The maximum Gasteiger partial charge on any atom is 0.203 e. The Balaban J connectivity index is 3.03. The van der Waals surface area contributed by atoms with E-state index in [2.05, 4.69) is 36.8 Å². The molecule has 72 valence electrons. The van der Waals surface area contributed by atoms with Gasteiger partial charge in [0.2, 0.25) is 5.43 Å². The van der Waals surface area contributed by atoms with Gasteiger partial charge in [-0.2, -0.15) is 0 Å². The molecule has 1 aromatic heterocycles. The van der Waals surface area contributed by atoms with Crippen molar-refractivity contribution in [2.24, 2.45) is 0 Å². The number of pyridine rings is 1. The highest BCUT2D eigenvalue weighted by atomic mass is 79.9. The van der Waals surface area contributed by atoms with Crippen molar-refractivity contribution in [3.8, 4) is 0 Å². The summed E-state index contributed by atoms with van der Waals surface area (Å²) in [4.78, 5) is 14.8. The molecule has 0 saturated heterocycles. The number of benzene rings is 1. The van der Waals surface area contributed by atoms with Gasteiger partial charge in [0.05, 0.1) is 9.99 Å². The zero-order valence-corrected chi connectivity index (χ0v) is 10.6. The number of hydrogen-bond donors (Lipinski definition) is 1. The van der Waals surface area contributed by atoms with Gasteiger partial charge in [-0.15, -0.1) is 0 Å². The van der Waals surface area contributed by atoms with Gasteiger partial charge in [-0.3, -0.25) is 4.79 Å². The van der Waals surface area contributed by atoms with Crippen LogP contribution in [-0.4, -0.2) is 4.98 Å². The predicted molar refractivity (Wildman–Crippen MR) is 64.7 cm³/mol. The van der Waals surface area contributed by atoms with E-state index in [0.29, 0.717) is 9.86 Å². The Hall–Kier alpha value is -0.610. The second-order valence-corrected chi connectivity index (χ2v) is 4.88. The summed E-state index contributed by atoms with van der Waals surface area (Å²) in [7, 11) is 0. The molecule has 0 aliphatic rings. The second kappa shape index (κ2) is 3.51. The first-order valence-corrected chi connectivity index (χ1v) is 5.65. The van der Waals surface area contributed by atoms with E-state index in [9.17, 15) is 4.79 Å². The molecular weight excluding hydrogens is 310 g/mol. The van der Waals surface area contributed by atoms with Crippen LogP contribution in [0, 0.1) is 6.92 Å². The van der Waals surface area contributed by atoms with Crippen molar-refractivity contribution in [2.75, 3.05) is 0 Å². The molecule has 2 rings (SSSR count). The Morgan fingerprint density at radius 3 is 2.71 bits per heavy atom. The number of aromatic nitrogens is 1. The Morgan fingerprint density at radius 2 is 2.00 bits per heavy atom. The topological polar surface area (TPSA) is 32.9 Å². The van der Waals surface area contributed by atoms with Crippen LogP contribution in [0.2, 0.25) is 0 Å². The van der Waals surface area contributed by atoms with Crippen molar-refractivity contribution in [3.05, 3.63) is 43.1 Å². The zero-order valence-electron chi connectivity index (χ0n) is 7.40. The average molecular weight is 317 g/mol. The number of aryl methyl sites for hydroxylation is 1. The lowest BCUT2D eigenvalue weighted by atomic mass is 10.1. The lowest BCUT2D eigenvalue weighted by molar-refractivity contribution is 1.32. The fourth-order valence-electron chi connectivity index (χ4n) is 1.44. The van der Waals surface area contributed by atoms with Crippen LogP contribution >= 0.6 is 31.9 Å². The summed E-state index contributed by atoms with van der Waals surface area (Å²) in [5, 5.41) is 0.700. The fraction of sp³-hybridized carbons (Fsp3) is 0.100. The fourth-order valence-corrected chi connectivity index (χ4v) is 2.34. The molecule has 0 unspecified atom stereocenters. The van der Waals surface area contributed by atoms with E-state index in [1.165, 1.54) is 0 Å². The van der Waals surface area contributed by atoms with Crippen LogP contribution in [0.25, 0.3) is 10.9 Å². The quantitative estimate of drug-likeness (QED) is 0.794. The van der Waals surface area contributed by atoms with E-state index in [4.69, 9.17) is 0 Å². The third kappa shape index (κ3) is 1.53. The minimum atomic E-state index is 0.0168. The van der Waals surface area contributed by atoms with Gasteiger partial charge in [0.1, 0.15) is 0 Å². The maximum absolute atomic E-state index is 11.7. The van der Waals surface area contributed by atoms with Crippen molar-refractivity contribution in [2.45, 2.75) is 6.92 Å². The van der Waals surface area contributed by atoms with Crippen LogP contribution in [-0.2, 0) is 0 Å². The summed E-state index contributed by atoms with van der Waals surface area (Å²) in [6, 6.07) is 3.80. The first kappa shape index (κ1) is 9.93. The van der Waals surface area contributed by atoms with E-state index in [0.717, 1.165) is 15.6 Å². The van der Waals surface area contributed by atoms with Gasteiger partial charge in [0, 0.05) is 16.1 Å². The monoisotopic (exact) mass is 315 g/mol. The first-order valence-electron chi connectivity index (χ1n) is 4.06. The Kier molecular flexibility index (Phi) is 2.49. The van der Waals surface area contributed by atoms with Crippen LogP contribution in [0.4, 0.5) is 0 Å². The van der Waals surface area contributed by atoms with Gasteiger partial charge < -0.3 is 4.98 Å². The third-order valence-corrected chi connectivity index (χ3v) is 3.15. The normalized spacial score (nSPS) is 10.8. The molecule has 4 heteroatoms. The molecule has 1 N–H and O–H groups in total. The lowest BCUT2D eigenvalue weighted by Gasteiger charge is -2.03. The van der Waals surface area contributed by atoms with Gasteiger partial charge in [0.25, 0.3) is 0 Å². The minimum absolute atomic E-state index is 0.0168. The molecular formula is C10H7Br2NO. The van der Waals surface area contributed by atoms with Crippen molar-refractivity contribution < 1.29 is 0 Å². The minimum Gasteiger partial charge on any atom is -0.360 e. The van der Waals surface area contributed by atoms with Crippen LogP contribution < -0.4 is 5.43 Å². The molecule has 0 radical (unpaired) electrons. The molecule has 2 nitrogen and oxygen atoms in total. The van der Waals surface area contributed by atoms with E-state index < -0.39 is 0 Å². The van der Waals surface area contributed by atoms with E-state index in [1.807, 2.05) is 19.1 Å². The van der Waals surface area contributed by atoms with Crippen LogP contribution in [0.3, 0.4) is 0 Å². The number of halogens is 2. The largest absolute Gasteiger partial charge is 0.360 e. The Bertz CT molecular complexity index is 560. The number of fused-ring (bicyclic) bond motifs is 1. The van der Waals surface area contributed by atoms with Crippen molar-refractivity contribution in [1.82, 2.24) is 4.98 Å². The van der Waals surface area contributed by atoms with E-state index in [-0.39, 0.29) is 5.43 Å². The summed E-state index contributed by atoms with van der Waals surface area (Å²) in [6.07, 6.45) is 1.67. The standard InChI is InChI=1S/C10H7Br2NO/c1-5-2-6(11)3-7-9(5)13-4-8(12)10(7)14/h2-4H,1H3,(H,13,14). The van der Waals surface area contributed by atoms with Crippen molar-refractivity contribution in [3.63, 3.8) is 0 Å². The second-order valence-electron chi connectivity index (χ2n) is 3.11. The maximum atomic E-state index is 11.7. The molecule has 0 amide bonds. The smallest absolute Gasteiger partial charge is 0.203 e. The van der Waals surface area contributed by atoms with Crippen LogP contribution in [0.1, 0.15) is 5.56 Å². The number of H-pyrrole nitrogens is 1. The number of aromatic amines is 1. The van der Waals surface area contributed by atoms with Gasteiger partial charge in [0.15, 0.2) is 0 Å². The van der Waals surface area contributed by atoms with Gasteiger partial charge in [-0.1, -0.05) is 15.9 Å². The molecule has 0 fully saturated rings. The van der Waals surface area contributed by atoms with E-state index >= 15 is 0 Å².